The summed E-state index contributed by atoms with van der Waals surface area (Å²) >= 11 is 0. The van der Waals surface area contributed by atoms with Gasteiger partial charge in [-0.25, -0.2) is 13.1 Å². The van der Waals surface area contributed by atoms with E-state index in [1.54, 1.807) is 18.5 Å². The summed E-state index contributed by atoms with van der Waals surface area (Å²) in [4.78, 5) is 0.251. The molecule has 0 fully saturated rings. The Labute approximate surface area is 114 Å². The number of hydrogen-bond acceptors (Lipinski definition) is 5. The Morgan fingerprint density at radius 3 is 2.68 bits per heavy atom. The summed E-state index contributed by atoms with van der Waals surface area (Å²) in [5.74, 6) is 0. The van der Waals surface area contributed by atoms with Crippen LogP contribution in [0.5, 0.6) is 0 Å². The smallest absolute Gasteiger partial charge is 0.244 e. The third-order valence-corrected chi connectivity index (χ3v) is 4.47. The molecule has 19 heavy (non-hydrogen) atoms. The molecule has 8 heteroatoms. The van der Waals surface area contributed by atoms with Crippen LogP contribution in [-0.4, -0.2) is 45.0 Å². The van der Waals surface area contributed by atoms with Gasteiger partial charge in [0.15, 0.2) is 0 Å². The lowest BCUT2D eigenvalue weighted by atomic mass is 10.4. The van der Waals surface area contributed by atoms with Crippen molar-refractivity contribution in [3.63, 3.8) is 0 Å². The first kappa shape index (κ1) is 16.1. The molecule has 0 saturated carbocycles. The van der Waals surface area contributed by atoms with Crippen LogP contribution >= 0.6 is 0 Å². The van der Waals surface area contributed by atoms with Gasteiger partial charge in [0, 0.05) is 20.2 Å². The van der Waals surface area contributed by atoms with Gasteiger partial charge < -0.3 is 10.5 Å². The molecule has 0 bridgehead atoms. The molecule has 0 saturated heterocycles. The first-order valence-electron chi connectivity index (χ1n) is 6.16. The Morgan fingerprint density at radius 1 is 1.42 bits per heavy atom. The van der Waals surface area contributed by atoms with Crippen molar-refractivity contribution in [1.82, 2.24) is 14.5 Å². The molecular weight excluding hydrogens is 268 g/mol. The molecule has 0 aliphatic rings. The first-order chi connectivity index (χ1) is 8.94. The molecule has 1 heterocycles. The van der Waals surface area contributed by atoms with Crippen molar-refractivity contribution in [3.8, 4) is 0 Å². The van der Waals surface area contributed by atoms with E-state index in [1.165, 1.54) is 7.11 Å². The molecule has 1 rings (SSSR count). The van der Waals surface area contributed by atoms with Gasteiger partial charge >= 0.3 is 0 Å². The first-order valence-corrected chi connectivity index (χ1v) is 7.65. The van der Waals surface area contributed by atoms with Gasteiger partial charge in [0.1, 0.15) is 4.90 Å². The lowest BCUT2D eigenvalue weighted by molar-refractivity contribution is 0.204. The zero-order valence-electron chi connectivity index (χ0n) is 11.6. The molecule has 0 unspecified atom stereocenters. The Balaban J connectivity index is 2.96. The van der Waals surface area contributed by atoms with E-state index in [0.717, 1.165) is 6.42 Å². The molecule has 0 aliphatic carbocycles. The molecule has 1 aromatic rings. The molecule has 7 nitrogen and oxygen atoms in total. The lowest BCUT2D eigenvalue weighted by Crippen LogP contribution is -2.28. The largest absolute Gasteiger partial charge is 0.383 e. The van der Waals surface area contributed by atoms with Crippen LogP contribution < -0.4 is 10.5 Å². The molecule has 110 valence electrons. The monoisotopic (exact) mass is 290 g/mol. The van der Waals surface area contributed by atoms with Crippen LogP contribution in [0, 0.1) is 13.8 Å². The number of hydrogen-bond donors (Lipinski definition) is 2. The van der Waals surface area contributed by atoms with E-state index in [9.17, 15) is 8.42 Å². The number of aromatic nitrogens is 2. The second-order valence-electron chi connectivity index (χ2n) is 4.26. The Hall–Kier alpha value is -0.960. The quantitative estimate of drug-likeness (QED) is 0.645. The van der Waals surface area contributed by atoms with Gasteiger partial charge in [-0.05, 0) is 26.8 Å². The van der Waals surface area contributed by atoms with Crippen molar-refractivity contribution in [2.75, 3.05) is 26.8 Å². The fraction of sp³-hybridized carbons (Fsp3) is 0.727. The van der Waals surface area contributed by atoms with Gasteiger partial charge in [0.25, 0.3) is 0 Å². The predicted octanol–water partition coefficient (Wildman–Crippen LogP) is -0.227. The number of sulfonamides is 1. The Bertz CT molecular complexity index is 510. The molecule has 0 atom stereocenters. The zero-order chi connectivity index (χ0) is 14.5. The van der Waals surface area contributed by atoms with Crippen molar-refractivity contribution in [2.24, 2.45) is 5.73 Å². The van der Waals surface area contributed by atoms with E-state index in [1.807, 2.05) is 0 Å². The third-order valence-electron chi connectivity index (χ3n) is 2.76. The second-order valence-corrected chi connectivity index (χ2v) is 5.96. The lowest BCUT2D eigenvalue weighted by Gasteiger charge is -2.07. The number of rotatable bonds is 8. The van der Waals surface area contributed by atoms with Gasteiger partial charge in [-0.3, -0.25) is 4.68 Å². The van der Waals surface area contributed by atoms with Gasteiger partial charge in [0.05, 0.1) is 18.0 Å². The van der Waals surface area contributed by atoms with Gasteiger partial charge in [-0.1, -0.05) is 0 Å². The fourth-order valence-corrected chi connectivity index (χ4v) is 3.30. The van der Waals surface area contributed by atoms with E-state index < -0.39 is 10.0 Å². The van der Waals surface area contributed by atoms with E-state index in [4.69, 9.17) is 10.5 Å². The molecule has 3 N–H and O–H groups in total. The van der Waals surface area contributed by atoms with Crippen LogP contribution in [0.4, 0.5) is 0 Å². The highest BCUT2D eigenvalue weighted by atomic mass is 32.2. The topological polar surface area (TPSA) is 99.2 Å². The van der Waals surface area contributed by atoms with E-state index in [0.29, 0.717) is 31.1 Å². The van der Waals surface area contributed by atoms with E-state index >= 15 is 0 Å². The van der Waals surface area contributed by atoms with Gasteiger partial charge in [0.2, 0.25) is 10.0 Å². The summed E-state index contributed by atoms with van der Waals surface area (Å²) < 4.78 is 33.4. The minimum atomic E-state index is -3.54. The Morgan fingerprint density at radius 2 is 2.11 bits per heavy atom. The average molecular weight is 290 g/mol. The molecular formula is C11H22N4O3S. The summed E-state index contributed by atoms with van der Waals surface area (Å²) in [7, 11) is -2.02. The molecule has 0 spiro atoms. The summed E-state index contributed by atoms with van der Waals surface area (Å²) in [6.45, 7) is 5.19. The highest BCUT2D eigenvalue weighted by Crippen LogP contribution is 2.19. The number of ether oxygens (including phenoxy) is 1. The molecule has 0 aromatic carbocycles. The highest BCUT2D eigenvalue weighted by molar-refractivity contribution is 7.89. The average Bonchev–Trinajstić information content (AvgIpc) is 2.62. The highest BCUT2D eigenvalue weighted by Gasteiger charge is 2.23. The maximum atomic E-state index is 12.2. The summed E-state index contributed by atoms with van der Waals surface area (Å²) in [5, 5.41) is 4.25. The summed E-state index contributed by atoms with van der Waals surface area (Å²) in [6, 6.07) is 0. The van der Waals surface area contributed by atoms with Gasteiger partial charge in [-0.2, -0.15) is 5.10 Å². The van der Waals surface area contributed by atoms with Crippen LogP contribution in [0.15, 0.2) is 4.90 Å². The van der Waals surface area contributed by atoms with Crippen molar-refractivity contribution in [3.05, 3.63) is 11.4 Å². The summed E-state index contributed by atoms with van der Waals surface area (Å²) in [5.41, 5.74) is 6.59. The van der Waals surface area contributed by atoms with Crippen molar-refractivity contribution in [1.29, 1.82) is 0 Å². The molecule has 1 aromatic heterocycles. The normalized spacial score (nSPS) is 12.0. The fourth-order valence-electron chi connectivity index (χ4n) is 1.88. The van der Waals surface area contributed by atoms with Crippen LogP contribution in [0.1, 0.15) is 17.8 Å². The van der Waals surface area contributed by atoms with Crippen molar-refractivity contribution in [2.45, 2.75) is 31.7 Å². The molecule has 0 aliphatic heterocycles. The van der Waals surface area contributed by atoms with E-state index in [2.05, 4.69) is 9.82 Å². The number of nitrogens with two attached hydrogens (primary N) is 1. The predicted molar refractivity (Wildman–Crippen MR) is 72.4 cm³/mol. The van der Waals surface area contributed by atoms with Crippen LogP contribution in [0.3, 0.4) is 0 Å². The minimum absolute atomic E-state index is 0.242. The summed E-state index contributed by atoms with van der Waals surface area (Å²) in [6.07, 6.45) is 0.762. The van der Waals surface area contributed by atoms with Crippen LogP contribution in [0.25, 0.3) is 0 Å². The SMILES string of the molecule is COCCNS(=O)(=O)c1c(C)nn(CCCN)c1C. The molecule has 0 radical (unpaired) electrons. The van der Waals surface area contributed by atoms with Crippen molar-refractivity contribution < 1.29 is 13.2 Å². The number of aryl methyl sites for hydroxylation is 2. The van der Waals surface area contributed by atoms with Crippen molar-refractivity contribution >= 4 is 10.0 Å². The molecule has 0 amide bonds. The second kappa shape index (κ2) is 6.99. The number of nitrogens with zero attached hydrogens (tertiary/aromatic N) is 2. The van der Waals surface area contributed by atoms with Gasteiger partial charge in [-0.15, -0.1) is 0 Å². The standard InChI is InChI=1S/C11H22N4O3S/c1-9-11(19(16,17)13-6-8-18-3)10(2)15(14-9)7-4-5-12/h13H,4-8,12H2,1-3H3. The zero-order valence-corrected chi connectivity index (χ0v) is 12.5. The Kier molecular flexibility index (Phi) is 5.92. The van der Waals surface area contributed by atoms with Crippen LogP contribution in [-0.2, 0) is 21.3 Å². The number of nitrogens with one attached hydrogen (secondary N) is 1. The third kappa shape index (κ3) is 4.00. The van der Waals surface area contributed by atoms with E-state index in [-0.39, 0.29) is 11.4 Å². The van der Waals surface area contributed by atoms with Crippen LogP contribution in [0.2, 0.25) is 0 Å². The maximum absolute atomic E-state index is 12.2. The number of methoxy groups -OCH3 is 1. The maximum Gasteiger partial charge on any atom is 0.244 e. The minimum Gasteiger partial charge on any atom is -0.383 e.